The zero-order valence-corrected chi connectivity index (χ0v) is 46.9. The van der Waals surface area contributed by atoms with Crippen LogP contribution in [0, 0.1) is 135 Å². The minimum atomic E-state index is -1.51. The number of rotatable bonds is 34. The van der Waals surface area contributed by atoms with Gasteiger partial charge in [-0.3, -0.25) is 29.8 Å². The van der Waals surface area contributed by atoms with E-state index in [9.17, 15) is 49.6 Å². The van der Waals surface area contributed by atoms with Crippen molar-refractivity contribution < 1.29 is 122 Å². The van der Waals surface area contributed by atoms with E-state index in [1.165, 1.54) is 0 Å². The van der Waals surface area contributed by atoms with Gasteiger partial charge in [0.25, 0.3) is 0 Å². The van der Waals surface area contributed by atoms with Crippen molar-refractivity contribution in [3.63, 3.8) is 0 Å². The molecule has 2 amide bonds. The Kier molecular flexibility index (Phi) is 39.7. The maximum absolute atomic E-state index is 12.2. The Labute approximate surface area is 488 Å². The number of hydrogen-bond donors (Lipinski definition) is 2. The van der Waals surface area contributed by atoms with E-state index in [1.54, 1.807) is 19.1 Å². The number of terminal acetylenes is 2. The Hall–Kier alpha value is -6.72. The Morgan fingerprint density at radius 2 is 1.07 bits per heavy atom. The number of anilines is 1. The number of carboxylic acid groups (broad SMARTS) is 2. The van der Waals surface area contributed by atoms with Gasteiger partial charge in [-0.1, -0.05) is 11.8 Å². The maximum atomic E-state index is 12.2. The van der Waals surface area contributed by atoms with Crippen molar-refractivity contribution in [2.75, 3.05) is 97.1 Å². The Morgan fingerprint density at radius 1 is 0.632 bits per heavy atom. The third kappa shape index (κ3) is 31.9. The number of nitro groups is 2. The smallest absolute Gasteiger partial charge is 0.549 e. The molecule has 22 nitrogen and oxygen atoms in total. The van der Waals surface area contributed by atoms with Gasteiger partial charge in [-0.15, -0.1) is 23.1 Å². The molecule has 0 fully saturated rings. The summed E-state index contributed by atoms with van der Waals surface area (Å²) in [5.74, 6) is 25.2. The second-order valence-corrected chi connectivity index (χ2v) is 15.4. The molecule has 2 rings (SSSR count). The summed E-state index contributed by atoms with van der Waals surface area (Å²) >= 11 is 0.539. The zero-order chi connectivity index (χ0) is 54.2. The normalized spacial score (nSPS) is 10.4. The van der Waals surface area contributed by atoms with Crippen LogP contribution in [0.3, 0.4) is 0 Å². The summed E-state index contributed by atoms with van der Waals surface area (Å²) in [7, 11) is 0. The van der Waals surface area contributed by atoms with Gasteiger partial charge in [-0.25, -0.2) is 0 Å². The van der Waals surface area contributed by atoms with Crippen LogP contribution in [-0.4, -0.2) is 126 Å². The van der Waals surface area contributed by atoms with Crippen LogP contribution in [0.15, 0.2) is 34.5 Å². The molecule has 0 saturated heterocycles. The van der Waals surface area contributed by atoms with E-state index >= 15 is 0 Å². The molecule has 2 atom stereocenters. The van der Waals surface area contributed by atoms with E-state index < -0.39 is 69.0 Å². The standard InChI is InChI=1S/C51H51N7O15S.2Na/c1-4-6-8-10-12-14-18-41(50(61)62)37-46(59)52-22-16-26-69-30-32-71-28-24-56(43-20-21-44(40(3)36-43)54-55-49-45(57(65)66)39-48(74-49)58(67)68)25-29-72-33-35-73-34-31-70-27-17-23-53-47(60)38-42(51(63)64)19-15-13-11-9-7-5-2;;/h1-2,20-21,36,39,41-42H,16-17,22-35,37-38H2,3H3,(H,52,59)(H,53,60)(H,61,62)(H,63,64);;/q;2*+1/p-2. The van der Waals surface area contributed by atoms with Crippen molar-refractivity contribution >= 4 is 62.2 Å². The van der Waals surface area contributed by atoms with Gasteiger partial charge in [0.2, 0.25) is 16.8 Å². The van der Waals surface area contributed by atoms with Gasteiger partial charge in [-0.05, 0) is 126 Å². The number of aryl methyl sites for hydroxylation is 1. The van der Waals surface area contributed by atoms with Gasteiger partial charge in [-0.2, -0.15) is 0 Å². The van der Waals surface area contributed by atoms with Crippen LogP contribution < -0.4 is 84.9 Å². The maximum Gasteiger partial charge on any atom is 1.00 e. The largest absolute Gasteiger partial charge is 1.00 e. The molecular weight excluding hydrogens is 1030 g/mol. The molecule has 0 aliphatic carbocycles. The Morgan fingerprint density at radius 3 is 1.49 bits per heavy atom. The molecule has 1 aromatic carbocycles. The zero-order valence-electron chi connectivity index (χ0n) is 42.1. The molecule has 1 heterocycles. The summed E-state index contributed by atoms with van der Waals surface area (Å²) in [5.41, 5.74) is 1.30. The number of carbonyl (C=O) groups is 4. The number of azo groups is 1. The first-order valence-corrected chi connectivity index (χ1v) is 23.0. The van der Waals surface area contributed by atoms with Crippen molar-refractivity contribution in [2.45, 2.75) is 32.6 Å². The topological polar surface area (TPSA) is 299 Å². The summed E-state index contributed by atoms with van der Waals surface area (Å²) in [6.07, 6.45) is 10.0. The molecule has 76 heavy (non-hydrogen) atoms. The number of nitrogens with zero attached hydrogens (tertiary/aromatic N) is 5. The van der Waals surface area contributed by atoms with Crippen LogP contribution in [0.4, 0.5) is 27.1 Å². The molecule has 25 heteroatoms. The molecular formula is C51H49N7Na2O15S. The predicted octanol–water partition coefficient (Wildman–Crippen LogP) is -5.00. The van der Waals surface area contributed by atoms with E-state index in [-0.39, 0.29) is 117 Å². The number of nitrogens with one attached hydrogen (secondary N) is 2. The molecule has 386 valence electrons. The van der Waals surface area contributed by atoms with Crippen molar-refractivity contribution in [2.24, 2.45) is 22.1 Å². The summed E-state index contributed by atoms with van der Waals surface area (Å²) in [5, 5.41) is 58.0. The van der Waals surface area contributed by atoms with E-state index in [4.69, 9.17) is 36.5 Å². The molecule has 0 saturated carbocycles. The first-order valence-electron chi connectivity index (χ1n) is 22.2. The summed E-state index contributed by atoms with van der Waals surface area (Å²) < 4.78 is 28.4. The van der Waals surface area contributed by atoms with Crippen LogP contribution in [0.2, 0.25) is 0 Å². The molecule has 1 aromatic heterocycles. The van der Waals surface area contributed by atoms with E-state index in [1.807, 2.05) is 11.0 Å². The second kappa shape index (κ2) is 43.5. The number of aliphatic carboxylic acids is 2. The molecule has 0 spiro atoms. The number of hydrogen-bond acceptors (Lipinski definition) is 19. The SMILES string of the molecule is C#CC#CC#CC#CC(CC(=O)NCCCOCCOCCOCCN(CCOCCOCCCNC(=O)CC(C#CC#CC#CC#C)C(=O)[O-])c1ccc(N=Nc2sc([N+](=O)[O-])cc2[N+](=O)[O-])c(C)c1)C(=O)[O-].[Na+].[Na+]. The Bertz CT molecular complexity index is 2780. The predicted molar refractivity (Wildman–Crippen MR) is 265 cm³/mol. The fourth-order valence-corrected chi connectivity index (χ4v) is 6.26. The number of thiophene rings is 1. The van der Waals surface area contributed by atoms with E-state index in [0.717, 1.165) is 11.8 Å². The molecule has 2 N–H and O–H groups in total. The minimum Gasteiger partial charge on any atom is -0.549 e. The molecule has 2 aromatic rings. The molecule has 2 unspecified atom stereocenters. The fourth-order valence-electron chi connectivity index (χ4n) is 5.49. The third-order valence-corrected chi connectivity index (χ3v) is 10.00. The molecule has 0 radical (unpaired) electrons. The summed E-state index contributed by atoms with van der Waals surface area (Å²) in [4.78, 5) is 70.2. The molecule has 0 aliphatic rings. The van der Waals surface area contributed by atoms with Crippen molar-refractivity contribution in [1.29, 1.82) is 0 Å². The minimum absolute atomic E-state index is 0. The van der Waals surface area contributed by atoms with Crippen LogP contribution in [0.1, 0.15) is 31.2 Å². The van der Waals surface area contributed by atoms with Gasteiger partial charge in [0.15, 0.2) is 0 Å². The van der Waals surface area contributed by atoms with Gasteiger partial charge < -0.3 is 59.0 Å². The van der Waals surface area contributed by atoms with Crippen molar-refractivity contribution in [3.8, 4) is 95.7 Å². The van der Waals surface area contributed by atoms with Crippen LogP contribution >= 0.6 is 11.3 Å². The quantitative estimate of drug-likeness (QED) is 0.0166. The van der Waals surface area contributed by atoms with Crippen molar-refractivity contribution in [1.82, 2.24) is 10.6 Å². The Balaban J connectivity index is 0.0000281. The number of amides is 2. The van der Waals surface area contributed by atoms with Crippen LogP contribution in [-0.2, 0) is 42.9 Å². The number of ether oxygens (including phenoxy) is 5. The average molecular weight is 1080 g/mol. The van der Waals surface area contributed by atoms with Gasteiger partial charge >= 0.3 is 69.8 Å². The average Bonchev–Trinajstić information content (AvgIpc) is 3.81. The third-order valence-electron chi connectivity index (χ3n) is 9.04. The fraction of sp³-hybridized carbons (Fsp3) is 0.412. The van der Waals surface area contributed by atoms with Gasteiger partial charge in [0.05, 0.1) is 92.2 Å². The first kappa shape index (κ1) is 69.3. The van der Waals surface area contributed by atoms with Gasteiger partial charge in [0, 0.05) is 57.9 Å². The molecule has 0 bridgehead atoms. The first-order chi connectivity index (χ1) is 35.8. The number of benzene rings is 1. The van der Waals surface area contributed by atoms with Crippen LogP contribution in [0.25, 0.3) is 0 Å². The number of carboxylic acids is 2. The number of carbonyl (C=O) groups excluding carboxylic acids is 4. The van der Waals surface area contributed by atoms with E-state index in [0.29, 0.717) is 74.9 Å². The summed E-state index contributed by atoms with van der Waals surface area (Å²) in [6, 6.07) is 6.11. The van der Waals surface area contributed by atoms with Gasteiger partial charge in [0.1, 0.15) is 6.07 Å². The van der Waals surface area contributed by atoms with E-state index in [2.05, 4.69) is 104 Å². The monoisotopic (exact) mass is 1080 g/mol. The molecule has 0 aliphatic heterocycles. The van der Waals surface area contributed by atoms with Crippen LogP contribution in [0.5, 0.6) is 0 Å². The summed E-state index contributed by atoms with van der Waals surface area (Å²) in [6.45, 7) is 5.97. The second-order valence-electron chi connectivity index (χ2n) is 14.4. The van der Waals surface area contributed by atoms with Crippen molar-refractivity contribution in [3.05, 3.63) is 50.1 Å².